The van der Waals surface area contributed by atoms with Gasteiger partial charge in [-0.3, -0.25) is 4.79 Å². The zero-order valence-corrected chi connectivity index (χ0v) is 11.0. The Hall–Kier alpha value is -1.78. The quantitative estimate of drug-likeness (QED) is 0.912. The molecule has 0 bridgehead atoms. The Labute approximate surface area is 115 Å². The number of pyridine rings is 1. The second-order valence-corrected chi connectivity index (χ2v) is 4.45. The molecule has 19 heavy (non-hydrogen) atoms. The summed E-state index contributed by atoms with van der Waals surface area (Å²) in [5, 5.41) is 9.49. The van der Waals surface area contributed by atoms with E-state index in [1.807, 2.05) is 12.1 Å². The first-order valence-corrected chi connectivity index (χ1v) is 6.26. The first-order chi connectivity index (χ1) is 9.20. The van der Waals surface area contributed by atoms with Gasteiger partial charge in [0.25, 0.3) is 5.56 Å². The molecule has 5 heteroatoms. The zero-order chi connectivity index (χ0) is 13.7. The topological polar surface area (TPSA) is 51.5 Å². The summed E-state index contributed by atoms with van der Waals surface area (Å²) in [4.78, 5) is 11.9. The highest BCUT2D eigenvalue weighted by atomic mass is 35.5. The van der Waals surface area contributed by atoms with Crippen molar-refractivity contribution in [1.82, 2.24) is 4.57 Å². The molecule has 0 saturated carbocycles. The van der Waals surface area contributed by atoms with Gasteiger partial charge >= 0.3 is 0 Å². The van der Waals surface area contributed by atoms with E-state index in [2.05, 4.69) is 0 Å². The average molecular weight is 280 g/mol. The van der Waals surface area contributed by atoms with Crippen LogP contribution in [0, 0.1) is 0 Å². The third-order valence-electron chi connectivity index (χ3n) is 2.61. The highest BCUT2D eigenvalue weighted by molar-refractivity contribution is 6.30. The van der Waals surface area contributed by atoms with Gasteiger partial charge < -0.3 is 14.4 Å². The first kappa shape index (κ1) is 13.6. The minimum absolute atomic E-state index is 0.0857. The summed E-state index contributed by atoms with van der Waals surface area (Å²) in [6.45, 7) is 0.448. The van der Waals surface area contributed by atoms with Crippen molar-refractivity contribution in [2.24, 2.45) is 0 Å². The van der Waals surface area contributed by atoms with Crippen LogP contribution in [-0.2, 0) is 13.2 Å². The maximum absolute atomic E-state index is 11.9. The van der Waals surface area contributed by atoms with Crippen molar-refractivity contribution in [3.05, 3.63) is 63.5 Å². The van der Waals surface area contributed by atoms with Crippen LogP contribution >= 0.6 is 11.6 Å². The third kappa shape index (κ3) is 3.59. The van der Waals surface area contributed by atoms with Crippen molar-refractivity contribution >= 4 is 11.6 Å². The van der Waals surface area contributed by atoms with Crippen LogP contribution < -0.4 is 10.3 Å². The van der Waals surface area contributed by atoms with Crippen molar-refractivity contribution in [3.63, 3.8) is 0 Å². The van der Waals surface area contributed by atoms with Gasteiger partial charge in [-0.15, -0.1) is 0 Å². The molecule has 1 aromatic heterocycles. The normalized spacial score (nSPS) is 10.4. The Morgan fingerprint density at radius 2 is 2.11 bits per heavy atom. The fraction of sp³-hybridized carbons (Fsp3) is 0.214. The highest BCUT2D eigenvalue weighted by Crippen LogP contribution is 2.12. The summed E-state index contributed by atoms with van der Waals surface area (Å²) in [7, 11) is 0. The molecule has 1 N–H and O–H groups in total. The van der Waals surface area contributed by atoms with E-state index in [0.29, 0.717) is 5.02 Å². The molecule has 2 aromatic rings. The van der Waals surface area contributed by atoms with E-state index in [1.165, 1.54) is 4.57 Å². The molecule has 0 fully saturated rings. The summed E-state index contributed by atoms with van der Waals surface area (Å²) in [5.41, 5.74) is 0.642. The van der Waals surface area contributed by atoms with Gasteiger partial charge in [-0.25, -0.2) is 0 Å². The largest absolute Gasteiger partial charge is 0.483 e. The Balaban J connectivity index is 2.11. The molecule has 0 spiro atoms. The molecule has 0 aliphatic heterocycles. The lowest BCUT2D eigenvalue weighted by Gasteiger charge is -2.08. The second kappa shape index (κ2) is 6.41. The Morgan fingerprint density at radius 1 is 1.26 bits per heavy atom. The molecule has 1 heterocycles. The summed E-state index contributed by atoms with van der Waals surface area (Å²) in [6, 6.07) is 10.6. The van der Waals surface area contributed by atoms with E-state index in [4.69, 9.17) is 21.4 Å². The lowest BCUT2D eigenvalue weighted by atomic mass is 10.2. The van der Waals surface area contributed by atoms with Crippen LogP contribution in [0.15, 0.2) is 47.4 Å². The van der Waals surface area contributed by atoms with Crippen LogP contribution in [0.3, 0.4) is 0 Å². The van der Waals surface area contributed by atoms with Gasteiger partial charge in [0, 0.05) is 17.8 Å². The molecule has 0 aliphatic rings. The van der Waals surface area contributed by atoms with Crippen molar-refractivity contribution in [1.29, 1.82) is 0 Å². The molecule has 1 aromatic carbocycles. The molecule has 0 saturated heterocycles. The van der Waals surface area contributed by atoms with Crippen LogP contribution in [0.2, 0.25) is 5.02 Å². The van der Waals surface area contributed by atoms with Crippen LogP contribution in [0.4, 0.5) is 0 Å². The standard InChI is InChI=1S/C14H14ClNO3/c15-12-4-1-3-11(9-12)10-19-13-5-2-6-16(7-8-17)14(13)18/h1-6,9,17H,7-8,10H2. The van der Waals surface area contributed by atoms with E-state index in [-0.39, 0.29) is 31.1 Å². The summed E-state index contributed by atoms with van der Waals surface area (Å²) < 4.78 is 6.90. The molecule has 4 nitrogen and oxygen atoms in total. The lowest BCUT2D eigenvalue weighted by Crippen LogP contribution is -2.22. The van der Waals surface area contributed by atoms with E-state index in [1.54, 1.807) is 30.5 Å². The van der Waals surface area contributed by atoms with Crippen LogP contribution in [-0.4, -0.2) is 16.3 Å². The van der Waals surface area contributed by atoms with Crippen molar-refractivity contribution in [2.45, 2.75) is 13.2 Å². The molecule has 0 radical (unpaired) electrons. The van der Waals surface area contributed by atoms with E-state index >= 15 is 0 Å². The number of benzene rings is 1. The fourth-order valence-electron chi connectivity index (χ4n) is 1.70. The van der Waals surface area contributed by atoms with Crippen LogP contribution in [0.5, 0.6) is 5.75 Å². The van der Waals surface area contributed by atoms with Gasteiger partial charge in [-0.05, 0) is 29.8 Å². The molecule has 0 atom stereocenters. The Kier molecular flexibility index (Phi) is 4.60. The molecule has 0 aliphatic carbocycles. The number of hydrogen-bond donors (Lipinski definition) is 1. The number of hydrogen-bond acceptors (Lipinski definition) is 3. The highest BCUT2D eigenvalue weighted by Gasteiger charge is 2.04. The number of nitrogens with zero attached hydrogens (tertiary/aromatic N) is 1. The predicted octanol–water partition coefficient (Wildman–Crippen LogP) is 2.07. The number of halogens is 1. The minimum Gasteiger partial charge on any atom is -0.483 e. The van der Waals surface area contributed by atoms with E-state index < -0.39 is 0 Å². The average Bonchev–Trinajstić information content (AvgIpc) is 2.40. The molecule has 2 rings (SSSR count). The zero-order valence-electron chi connectivity index (χ0n) is 10.3. The SMILES string of the molecule is O=c1c(OCc2cccc(Cl)c2)cccn1CCO. The maximum atomic E-state index is 11.9. The van der Waals surface area contributed by atoms with Gasteiger partial charge in [0.15, 0.2) is 5.75 Å². The van der Waals surface area contributed by atoms with Gasteiger partial charge in [0.1, 0.15) is 6.61 Å². The lowest BCUT2D eigenvalue weighted by molar-refractivity contribution is 0.268. The number of aliphatic hydroxyl groups is 1. The monoisotopic (exact) mass is 279 g/mol. The number of aliphatic hydroxyl groups excluding tert-OH is 1. The van der Waals surface area contributed by atoms with Crippen molar-refractivity contribution in [2.75, 3.05) is 6.61 Å². The van der Waals surface area contributed by atoms with Crippen LogP contribution in [0.25, 0.3) is 0 Å². The fourth-order valence-corrected chi connectivity index (χ4v) is 1.91. The molecule has 0 unspecified atom stereocenters. The molecular weight excluding hydrogens is 266 g/mol. The van der Waals surface area contributed by atoms with Gasteiger partial charge in [0.2, 0.25) is 0 Å². The minimum atomic E-state index is -0.251. The summed E-state index contributed by atoms with van der Waals surface area (Å²) in [5.74, 6) is 0.260. The number of rotatable bonds is 5. The Morgan fingerprint density at radius 3 is 2.84 bits per heavy atom. The first-order valence-electron chi connectivity index (χ1n) is 5.88. The molecule has 100 valence electrons. The van der Waals surface area contributed by atoms with Crippen molar-refractivity contribution < 1.29 is 9.84 Å². The second-order valence-electron chi connectivity index (χ2n) is 4.01. The number of aromatic nitrogens is 1. The van der Waals surface area contributed by atoms with Gasteiger partial charge in [-0.1, -0.05) is 23.7 Å². The van der Waals surface area contributed by atoms with Gasteiger partial charge in [-0.2, -0.15) is 0 Å². The molecular formula is C14H14ClNO3. The summed E-state index contributed by atoms with van der Waals surface area (Å²) >= 11 is 5.88. The number of ether oxygens (including phenoxy) is 1. The van der Waals surface area contributed by atoms with E-state index in [9.17, 15) is 4.79 Å². The third-order valence-corrected chi connectivity index (χ3v) is 2.84. The van der Waals surface area contributed by atoms with Crippen LogP contribution in [0.1, 0.15) is 5.56 Å². The smallest absolute Gasteiger partial charge is 0.292 e. The molecule has 0 amide bonds. The predicted molar refractivity (Wildman–Crippen MR) is 73.6 cm³/mol. The van der Waals surface area contributed by atoms with Crippen molar-refractivity contribution in [3.8, 4) is 5.75 Å². The Bertz CT molecular complexity index is 610. The van der Waals surface area contributed by atoms with Gasteiger partial charge in [0.05, 0.1) is 6.61 Å². The summed E-state index contributed by atoms with van der Waals surface area (Å²) in [6.07, 6.45) is 1.62. The van der Waals surface area contributed by atoms with E-state index in [0.717, 1.165) is 5.56 Å². The maximum Gasteiger partial charge on any atom is 0.292 e.